The average Bonchev–Trinajstić information content (AvgIpc) is 3.59. The number of rotatable bonds is 7. The number of hydrogen-bond acceptors (Lipinski definition) is 2. The highest BCUT2D eigenvalue weighted by atomic mass is 16.2. The van der Waals surface area contributed by atoms with Gasteiger partial charge in [-0.3, -0.25) is 9.59 Å². The molecular weight excluding hydrogens is 372 g/mol. The van der Waals surface area contributed by atoms with E-state index in [2.05, 4.69) is 12.1 Å². The summed E-state index contributed by atoms with van der Waals surface area (Å²) in [4.78, 5) is 27.8. The maximum Gasteiger partial charge on any atom is 0.255 e. The van der Waals surface area contributed by atoms with E-state index in [0.29, 0.717) is 23.6 Å². The lowest BCUT2D eigenvalue weighted by atomic mass is 10.00. The molecule has 3 aromatic rings. The van der Waals surface area contributed by atoms with Crippen LogP contribution in [0, 0.1) is 6.92 Å². The second kappa shape index (κ2) is 8.54. The van der Waals surface area contributed by atoms with Crippen molar-refractivity contribution >= 4 is 11.8 Å². The van der Waals surface area contributed by atoms with Crippen molar-refractivity contribution < 1.29 is 9.59 Å². The van der Waals surface area contributed by atoms with Gasteiger partial charge in [0.25, 0.3) is 5.91 Å². The number of carbonyl (C=O) groups excluding carboxylic acids is 2. The predicted octanol–water partition coefficient (Wildman–Crippen LogP) is 4.74. The Kier molecular flexibility index (Phi) is 5.66. The standard InChI is InChI=1S/C26H26N2O2/c1-18-8-5-6-13-23(18)26(30)28(24(25(27)29)21-10-3-2-4-11-21)17-19-9-7-12-22(16-19)20-14-15-20/h2-13,16,20,24H,14-15,17H2,1H3,(H2,27,29)/t24-/m1/s1. The van der Waals surface area contributed by atoms with Crippen LogP contribution in [0.5, 0.6) is 0 Å². The Hall–Kier alpha value is -3.40. The zero-order valence-corrected chi connectivity index (χ0v) is 17.1. The van der Waals surface area contributed by atoms with Crippen LogP contribution in [0.4, 0.5) is 0 Å². The van der Waals surface area contributed by atoms with E-state index in [1.54, 1.807) is 11.0 Å². The highest BCUT2D eigenvalue weighted by Crippen LogP contribution is 2.40. The third-order valence-electron chi connectivity index (χ3n) is 5.69. The molecule has 0 saturated heterocycles. The average molecular weight is 399 g/mol. The Morgan fingerprint density at radius 2 is 1.67 bits per heavy atom. The fourth-order valence-corrected chi connectivity index (χ4v) is 3.94. The van der Waals surface area contributed by atoms with Gasteiger partial charge < -0.3 is 10.6 Å². The van der Waals surface area contributed by atoms with Gasteiger partial charge in [-0.2, -0.15) is 0 Å². The van der Waals surface area contributed by atoms with Crippen LogP contribution in [0.1, 0.15) is 57.4 Å². The summed E-state index contributed by atoms with van der Waals surface area (Å²) in [7, 11) is 0. The normalized spacial score (nSPS) is 14.2. The molecule has 0 unspecified atom stereocenters. The van der Waals surface area contributed by atoms with E-state index < -0.39 is 11.9 Å². The lowest BCUT2D eigenvalue weighted by Crippen LogP contribution is -2.41. The maximum atomic E-state index is 13.6. The van der Waals surface area contributed by atoms with Gasteiger partial charge in [-0.15, -0.1) is 0 Å². The van der Waals surface area contributed by atoms with Gasteiger partial charge in [0.15, 0.2) is 0 Å². The summed E-state index contributed by atoms with van der Waals surface area (Å²) in [6.07, 6.45) is 2.42. The molecule has 4 rings (SSSR count). The molecule has 4 nitrogen and oxygen atoms in total. The highest BCUT2D eigenvalue weighted by molar-refractivity contribution is 5.98. The van der Waals surface area contributed by atoms with Crippen molar-refractivity contribution in [1.29, 1.82) is 0 Å². The van der Waals surface area contributed by atoms with E-state index in [1.165, 1.54) is 18.4 Å². The number of carbonyl (C=O) groups is 2. The number of benzene rings is 3. The number of amides is 2. The third-order valence-corrected chi connectivity index (χ3v) is 5.69. The number of hydrogen-bond donors (Lipinski definition) is 1. The van der Waals surface area contributed by atoms with Crippen LogP contribution >= 0.6 is 0 Å². The summed E-state index contributed by atoms with van der Waals surface area (Å²) >= 11 is 0. The number of nitrogens with two attached hydrogens (primary N) is 1. The van der Waals surface area contributed by atoms with E-state index in [-0.39, 0.29) is 5.91 Å². The Balaban J connectivity index is 1.75. The SMILES string of the molecule is Cc1ccccc1C(=O)N(Cc1cccc(C2CC2)c1)[C@@H](C(N)=O)c1ccccc1. The zero-order valence-electron chi connectivity index (χ0n) is 17.1. The molecule has 0 bridgehead atoms. The van der Waals surface area contributed by atoms with E-state index in [1.807, 2.05) is 67.6 Å². The second-order valence-electron chi connectivity index (χ2n) is 7.98. The molecule has 1 aliphatic rings. The lowest BCUT2D eigenvalue weighted by molar-refractivity contribution is -0.122. The van der Waals surface area contributed by atoms with Crippen molar-refractivity contribution in [1.82, 2.24) is 4.90 Å². The van der Waals surface area contributed by atoms with Crippen molar-refractivity contribution in [2.75, 3.05) is 0 Å². The van der Waals surface area contributed by atoms with Gasteiger partial charge in [-0.25, -0.2) is 0 Å². The first-order valence-corrected chi connectivity index (χ1v) is 10.3. The first-order valence-electron chi connectivity index (χ1n) is 10.3. The summed E-state index contributed by atoms with van der Waals surface area (Å²) in [5.41, 5.74) is 10.3. The minimum Gasteiger partial charge on any atom is -0.368 e. The molecule has 2 amide bonds. The van der Waals surface area contributed by atoms with Gasteiger partial charge in [0, 0.05) is 12.1 Å². The number of primary amides is 1. The summed E-state index contributed by atoms with van der Waals surface area (Å²) in [5.74, 6) is -0.120. The lowest BCUT2D eigenvalue weighted by Gasteiger charge is -2.31. The fraction of sp³-hybridized carbons (Fsp3) is 0.231. The van der Waals surface area contributed by atoms with Gasteiger partial charge in [-0.05, 0) is 54.0 Å². The molecule has 0 aromatic heterocycles. The molecule has 0 aliphatic heterocycles. The van der Waals surface area contributed by atoms with Crippen LogP contribution in [0.15, 0.2) is 78.9 Å². The zero-order chi connectivity index (χ0) is 21.1. The minimum absolute atomic E-state index is 0.197. The minimum atomic E-state index is -0.845. The molecule has 1 atom stereocenters. The smallest absolute Gasteiger partial charge is 0.255 e. The van der Waals surface area contributed by atoms with E-state index in [0.717, 1.165) is 11.1 Å². The van der Waals surface area contributed by atoms with Crippen LogP contribution in [0.2, 0.25) is 0 Å². The molecule has 1 saturated carbocycles. The first-order chi connectivity index (χ1) is 14.5. The monoisotopic (exact) mass is 398 g/mol. The Labute approximate surface area is 177 Å². The van der Waals surface area contributed by atoms with Crippen molar-refractivity contribution in [3.63, 3.8) is 0 Å². The third kappa shape index (κ3) is 4.28. The molecule has 3 aromatic carbocycles. The van der Waals surface area contributed by atoms with Crippen LogP contribution in [-0.2, 0) is 11.3 Å². The van der Waals surface area contributed by atoms with Gasteiger partial charge in [-0.1, -0.05) is 72.8 Å². The van der Waals surface area contributed by atoms with Crippen molar-refractivity contribution in [3.05, 3.63) is 107 Å². The maximum absolute atomic E-state index is 13.6. The molecule has 0 radical (unpaired) electrons. The summed E-state index contributed by atoms with van der Waals surface area (Å²) in [6.45, 7) is 2.22. The Morgan fingerprint density at radius 1 is 0.967 bits per heavy atom. The van der Waals surface area contributed by atoms with Crippen molar-refractivity contribution in [2.24, 2.45) is 5.73 Å². The molecule has 1 fully saturated rings. The van der Waals surface area contributed by atoms with Gasteiger partial charge >= 0.3 is 0 Å². The quantitative estimate of drug-likeness (QED) is 0.625. The summed E-state index contributed by atoms with van der Waals surface area (Å²) < 4.78 is 0. The first kappa shape index (κ1) is 19.9. The van der Waals surface area contributed by atoms with Gasteiger partial charge in [0.1, 0.15) is 6.04 Å². The van der Waals surface area contributed by atoms with Gasteiger partial charge in [0.05, 0.1) is 0 Å². The molecule has 1 aliphatic carbocycles. The molecule has 152 valence electrons. The van der Waals surface area contributed by atoms with Crippen LogP contribution in [0.25, 0.3) is 0 Å². The van der Waals surface area contributed by atoms with Gasteiger partial charge in [0.2, 0.25) is 5.91 Å². The van der Waals surface area contributed by atoms with Crippen molar-refractivity contribution in [3.8, 4) is 0 Å². The molecule has 0 spiro atoms. The predicted molar refractivity (Wildman–Crippen MR) is 118 cm³/mol. The summed E-state index contributed by atoms with van der Waals surface area (Å²) in [6, 6.07) is 24.2. The highest BCUT2D eigenvalue weighted by Gasteiger charge is 2.31. The fourth-order valence-electron chi connectivity index (χ4n) is 3.94. The Morgan fingerprint density at radius 3 is 2.33 bits per heavy atom. The van der Waals surface area contributed by atoms with Crippen LogP contribution in [0.3, 0.4) is 0 Å². The van der Waals surface area contributed by atoms with Crippen molar-refractivity contribution in [2.45, 2.75) is 38.3 Å². The second-order valence-corrected chi connectivity index (χ2v) is 7.98. The molecule has 0 heterocycles. The summed E-state index contributed by atoms with van der Waals surface area (Å²) in [5, 5.41) is 0. The largest absolute Gasteiger partial charge is 0.368 e. The van der Waals surface area contributed by atoms with E-state index in [4.69, 9.17) is 5.73 Å². The number of nitrogens with zero attached hydrogens (tertiary/aromatic N) is 1. The topological polar surface area (TPSA) is 63.4 Å². The van der Waals surface area contributed by atoms with E-state index in [9.17, 15) is 9.59 Å². The molecular formula is C26H26N2O2. The van der Waals surface area contributed by atoms with E-state index >= 15 is 0 Å². The molecule has 30 heavy (non-hydrogen) atoms. The molecule has 2 N–H and O–H groups in total. The van der Waals surface area contributed by atoms with Crippen LogP contribution < -0.4 is 5.73 Å². The molecule has 4 heteroatoms. The van der Waals surface area contributed by atoms with Crippen LogP contribution in [-0.4, -0.2) is 16.7 Å². The number of aryl methyl sites for hydroxylation is 1. The Bertz CT molecular complexity index is 1060.